The van der Waals surface area contributed by atoms with Crippen molar-refractivity contribution in [3.05, 3.63) is 52.2 Å². The van der Waals surface area contributed by atoms with E-state index in [1.165, 1.54) is 0 Å². The Morgan fingerprint density at radius 1 is 1.24 bits per heavy atom. The molecule has 2 N–H and O–H groups in total. The average Bonchev–Trinajstić information content (AvgIpc) is 3.21. The van der Waals surface area contributed by atoms with Gasteiger partial charge in [0, 0.05) is 29.1 Å². The van der Waals surface area contributed by atoms with Crippen LogP contribution in [0.4, 0.5) is 0 Å². The van der Waals surface area contributed by atoms with Gasteiger partial charge in [0.15, 0.2) is 15.6 Å². The average molecular weight is 480 g/mol. The maximum atomic E-state index is 13.3. The first-order valence-corrected chi connectivity index (χ1v) is 13.6. The van der Waals surface area contributed by atoms with Crippen LogP contribution >= 0.6 is 0 Å². The molecule has 0 amide bonds. The number of aromatic amines is 1. The van der Waals surface area contributed by atoms with Gasteiger partial charge in [0.1, 0.15) is 5.49 Å². The van der Waals surface area contributed by atoms with Gasteiger partial charge in [-0.05, 0) is 74.2 Å². The predicted octanol–water partition coefficient (Wildman–Crippen LogP) is 3.56. The van der Waals surface area contributed by atoms with Gasteiger partial charge >= 0.3 is 0 Å². The van der Waals surface area contributed by atoms with Crippen LogP contribution in [0.5, 0.6) is 0 Å². The van der Waals surface area contributed by atoms with Crippen LogP contribution in [0.1, 0.15) is 49.0 Å². The number of hydrogen-bond acceptors (Lipinski definition) is 5. The number of unbranched alkanes of at least 4 members (excludes halogenated alkanes) is 1. The van der Waals surface area contributed by atoms with Crippen molar-refractivity contribution in [2.24, 2.45) is 10.9 Å². The topological polar surface area (TPSA) is 91.4 Å². The quantitative estimate of drug-likeness (QED) is 0.363. The van der Waals surface area contributed by atoms with Gasteiger partial charge in [0.2, 0.25) is 0 Å². The van der Waals surface area contributed by atoms with Gasteiger partial charge in [-0.3, -0.25) is 9.79 Å². The second kappa shape index (κ2) is 9.84. The van der Waals surface area contributed by atoms with Crippen molar-refractivity contribution in [3.8, 4) is 11.1 Å². The molecule has 3 aromatic rings. The van der Waals surface area contributed by atoms with Gasteiger partial charge in [0.05, 0.1) is 16.2 Å². The van der Waals surface area contributed by atoms with Gasteiger partial charge in [-0.25, -0.2) is 8.42 Å². The SMILES string of the molecule is CCS(=O)(=O)c1cccc(-c2cc(C(=O)CCCCNC)c(C)c3[nH]c4c(c23)=CC(C)CN=4)c1. The van der Waals surface area contributed by atoms with Crippen LogP contribution in [0.3, 0.4) is 0 Å². The largest absolute Gasteiger partial charge is 0.339 e. The van der Waals surface area contributed by atoms with E-state index in [0.29, 0.717) is 22.8 Å². The van der Waals surface area contributed by atoms with Crippen LogP contribution in [0, 0.1) is 12.8 Å². The number of hydrogen-bond donors (Lipinski definition) is 2. The van der Waals surface area contributed by atoms with E-state index in [-0.39, 0.29) is 11.5 Å². The zero-order chi connectivity index (χ0) is 24.5. The van der Waals surface area contributed by atoms with Crippen molar-refractivity contribution >= 4 is 32.6 Å². The summed E-state index contributed by atoms with van der Waals surface area (Å²) < 4.78 is 25.2. The number of fused-ring (bicyclic) bond motifs is 3. The van der Waals surface area contributed by atoms with E-state index in [1.807, 2.05) is 26.1 Å². The lowest BCUT2D eigenvalue weighted by Gasteiger charge is -2.13. The molecule has 1 aliphatic rings. The summed E-state index contributed by atoms with van der Waals surface area (Å²) in [5.74, 6) is 0.454. The zero-order valence-electron chi connectivity index (χ0n) is 20.4. The van der Waals surface area contributed by atoms with E-state index in [1.54, 1.807) is 25.1 Å². The van der Waals surface area contributed by atoms with E-state index in [9.17, 15) is 13.2 Å². The van der Waals surface area contributed by atoms with Crippen LogP contribution in [0.25, 0.3) is 28.1 Å². The van der Waals surface area contributed by atoms with Crippen molar-refractivity contribution in [1.82, 2.24) is 10.3 Å². The Balaban J connectivity index is 1.96. The second-order valence-corrected chi connectivity index (χ2v) is 11.4. The molecule has 0 spiro atoms. The minimum absolute atomic E-state index is 0.0415. The number of Topliss-reactive ketones (excluding diaryl/α,β-unsaturated/α-hetero) is 1. The third-order valence-corrected chi connectivity index (χ3v) is 8.34. The molecule has 4 rings (SSSR count). The van der Waals surface area contributed by atoms with Crippen molar-refractivity contribution in [2.75, 3.05) is 25.9 Å². The third-order valence-electron chi connectivity index (χ3n) is 6.61. The highest BCUT2D eigenvalue weighted by Gasteiger charge is 2.21. The summed E-state index contributed by atoms with van der Waals surface area (Å²) in [6, 6.07) is 9.02. The van der Waals surface area contributed by atoms with E-state index in [4.69, 9.17) is 4.99 Å². The van der Waals surface area contributed by atoms with Gasteiger partial charge in [-0.1, -0.05) is 32.1 Å². The van der Waals surface area contributed by atoms with E-state index in [0.717, 1.165) is 64.2 Å². The number of sulfone groups is 1. The highest BCUT2D eigenvalue weighted by atomic mass is 32.2. The molecule has 1 atom stereocenters. The first kappa shape index (κ1) is 24.4. The molecule has 0 bridgehead atoms. The Bertz CT molecular complexity index is 1470. The third kappa shape index (κ3) is 4.59. The smallest absolute Gasteiger partial charge is 0.178 e. The molecule has 2 heterocycles. The monoisotopic (exact) mass is 479 g/mol. The van der Waals surface area contributed by atoms with Crippen molar-refractivity contribution < 1.29 is 13.2 Å². The van der Waals surface area contributed by atoms with Gasteiger partial charge in [0.25, 0.3) is 0 Å². The molecular formula is C27H33N3O3S. The molecule has 34 heavy (non-hydrogen) atoms. The maximum absolute atomic E-state index is 13.3. The summed E-state index contributed by atoms with van der Waals surface area (Å²) in [6.45, 7) is 7.37. The molecule has 180 valence electrons. The molecule has 6 nitrogen and oxygen atoms in total. The van der Waals surface area contributed by atoms with Crippen molar-refractivity contribution in [1.29, 1.82) is 0 Å². The van der Waals surface area contributed by atoms with Crippen molar-refractivity contribution in [3.63, 3.8) is 0 Å². The lowest BCUT2D eigenvalue weighted by Crippen LogP contribution is -2.29. The fourth-order valence-corrected chi connectivity index (χ4v) is 5.57. The fourth-order valence-electron chi connectivity index (χ4n) is 4.64. The van der Waals surface area contributed by atoms with Crippen LogP contribution in [-0.4, -0.2) is 45.1 Å². The molecule has 0 saturated heterocycles. The highest BCUT2D eigenvalue weighted by Crippen LogP contribution is 2.32. The lowest BCUT2D eigenvalue weighted by atomic mass is 9.91. The number of H-pyrrole nitrogens is 1. The first-order valence-electron chi connectivity index (χ1n) is 12.0. The standard InChI is InChI=1S/C27H33N3O3S/c1-5-34(32,33)20-10-8-9-19(14-20)22-15-21(24(31)11-6-7-12-28-4)18(3)26-25(22)23-13-17(2)16-29-27(23)30-26/h8-10,13-15,17,28H,5-7,11-12,16H2,1-4H3,(H,29,30). The molecule has 0 fully saturated rings. The van der Waals surface area contributed by atoms with Crippen LogP contribution in [0.2, 0.25) is 0 Å². The summed E-state index contributed by atoms with van der Waals surface area (Å²) in [4.78, 5) is 21.8. The summed E-state index contributed by atoms with van der Waals surface area (Å²) in [6.07, 6.45) is 4.45. The minimum atomic E-state index is -3.35. The number of aromatic nitrogens is 1. The number of nitrogens with one attached hydrogen (secondary N) is 2. The van der Waals surface area contributed by atoms with Crippen LogP contribution < -0.4 is 16.0 Å². The van der Waals surface area contributed by atoms with Crippen molar-refractivity contribution in [2.45, 2.75) is 44.9 Å². The van der Waals surface area contributed by atoms with Gasteiger partial charge < -0.3 is 10.3 Å². The summed E-state index contributed by atoms with van der Waals surface area (Å²) >= 11 is 0. The molecule has 0 aliphatic carbocycles. The Hall–Kier alpha value is -2.77. The maximum Gasteiger partial charge on any atom is 0.178 e. The predicted molar refractivity (Wildman–Crippen MR) is 138 cm³/mol. The Kier molecular flexibility index (Phi) is 7.05. The van der Waals surface area contributed by atoms with E-state index in [2.05, 4.69) is 23.3 Å². The van der Waals surface area contributed by atoms with Crippen LogP contribution in [-0.2, 0) is 9.84 Å². The van der Waals surface area contributed by atoms with Crippen LogP contribution in [0.15, 0.2) is 40.2 Å². The molecule has 1 aliphatic heterocycles. The normalized spacial score (nSPS) is 15.6. The summed E-state index contributed by atoms with van der Waals surface area (Å²) in [5.41, 5.74) is 4.98. The number of nitrogens with zero attached hydrogens (tertiary/aromatic N) is 1. The molecule has 0 saturated carbocycles. The number of carbonyl (C=O) groups is 1. The molecule has 2 aromatic carbocycles. The minimum Gasteiger partial charge on any atom is -0.339 e. The highest BCUT2D eigenvalue weighted by molar-refractivity contribution is 7.91. The molecule has 1 unspecified atom stereocenters. The second-order valence-electron chi connectivity index (χ2n) is 9.13. The number of carbonyl (C=O) groups excluding carboxylic acids is 1. The Morgan fingerprint density at radius 2 is 2.03 bits per heavy atom. The van der Waals surface area contributed by atoms with Gasteiger partial charge in [-0.15, -0.1) is 0 Å². The number of rotatable bonds is 9. The Morgan fingerprint density at radius 3 is 2.76 bits per heavy atom. The first-order chi connectivity index (χ1) is 16.3. The zero-order valence-corrected chi connectivity index (χ0v) is 21.2. The van der Waals surface area contributed by atoms with E-state index < -0.39 is 9.84 Å². The summed E-state index contributed by atoms with van der Waals surface area (Å²) in [5, 5.41) is 5.15. The lowest BCUT2D eigenvalue weighted by molar-refractivity contribution is 0.0979. The molecule has 7 heteroatoms. The molecule has 1 aromatic heterocycles. The fraction of sp³-hybridized carbons (Fsp3) is 0.407. The van der Waals surface area contributed by atoms with Gasteiger partial charge in [-0.2, -0.15) is 0 Å². The van der Waals surface area contributed by atoms with E-state index >= 15 is 0 Å². The molecular weight excluding hydrogens is 446 g/mol. The number of benzene rings is 2. The number of ketones is 1. The number of aryl methyl sites for hydroxylation is 1. The molecule has 0 radical (unpaired) electrons. The summed E-state index contributed by atoms with van der Waals surface area (Å²) in [7, 11) is -1.44. The Labute approximate surface area is 201 Å².